The van der Waals surface area contributed by atoms with Gasteiger partial charge < -0.3 is 0 Å². The number of ketones is 1. The predicted octanol–water partition coefficient (Wildman–Crippen LogP) is 2.94. The fourth-order valence-corrected chi connectivity index (χ4v) is 3.27. The molecule has 0 bridgehead atoms. The van der Waals surface area contributed by atoms with Gasteiger partial charge in [0.05, 0.1) is 0 Å². The Hall–Kier alpha value is 0.250. The average molecular weight is 207 g/mol. The fraction of sp³-hybridized carbons (Fsp3) is 0.889. The molecule has 2 aliphatic carbocycles. The molecule has 0 spiro atoms. The summed E-state index contributed by atoms with van der Waals surface area (Å²) in [5, 5.41) is 0. The first kappa shape index (κ1) is 8.83. The number of carbonyl (C=O) groups is 1. The van der Waals surface area contributed by atoms with E-state index in [-0.39, 0.29) is 17.1 Å². The molecule has 2 saturated carbocycles. The molecule has 0 aromatic heterocycles. The van der Waals surface area contributed by atoms with E-state index >= 15 is 0 Å². The van der Waals surface area contributed by atoms with Gasteiger partial charge >= 0.3 is 0 Å². The van der Waals surface area contributed by atoms with Gasteiger partial charge in [-0.2, -0.15) is 0 Å². The van der Waals surface area contributed by atoms with Crippen LogP contribution < -0.4 is 0 Å². The van der Waals surface area contributed by atoms with Crippen molar-refractivity contribution in [3.63, 3.8) is 0 Å². The van der Waals surface area contributed by atoms with E-state index in [4.69, 9.17) is 23.2 Å². The summed E-state index contributed by atoms with van der Waals surface area (Å²) in [5.74, 6) is 0.189. The van der Waals surface area contributed by atoms with Crippen molar-refractivity contribution in [2.24, 2.45) is 11.3 Å². The lowest BCUT2D eigenvalue weighted by Crippen LogP contribution is -2.65. The quantitative estimate of drug-likeness (QED) is 0.558. The maximum absolute atomic E-state index is 11.5. The summed E-state index contributed by atoms with van der Waals surface area (Å²) in [6.07, 6.45) is 4.28. The van der Waals surface area contributed by atoms with Crippen molar-refractivity contribution in [2.45, 2.75) is 36.9 Å². The van der Waals surface area contributed by atoms with Crippen LogP contribution in [0.1, 0.15) is 32.6 Å². The van der Waals surface area contributed by atoms with E-state index in [0.29, 0.717) is 0 Å². The summed E-state index contributed by atoms with van der Waals surface area (Å²) in [5.41, 5.74) is -0.133. The fourth-order valence-electron chi connectivity index (χ4n) is 2.55. The van der Waals surface area contributed by atoms with Crippen LogP contribution in [0, 0.1) is 11.3 Å². The minimum atomic E-state index is -1.09. The van der Waals surface area contributed by atoms with Crippen molar-refractivity contribution in [3.05, 3.63) is 0 Å². The smallest absolute Gasteiger partial charge is 0.182 e. The molecule has 1 nitrogen and oxygen atoms in total. The van der Waals surface area contributed by atoms with Crippen LogP contribution in [0.4, 0.5) is 0 Å². The van der Waals surface area contributed by atoms with Crippen LogP contribution in [0.2, 0.25) is 0 Å². The standard InChI is InChI=1S/C9H12Cl2O/c1-8-5-3-2-4-6(8)7(12)9(8,10)11/h6H,2-5H2,1H3/t6-,8+/m0/s1. The molecular formula is C9H12Cl2O. The Labute approximate surface area is 82.4 Å². The topological polar surface area (TPSA) is 17.1 Å². The molecule has 0 aromatic carbocycles. The zero-order chi connectivity index (χ0) is 8.98. The molecule has 0 radical (unpaired) electrons. The SMILES string of the molecule is C[C@@]12CCCC[C@H]1C(=O)C2(Cl)Cl. The van der Waals surface area contributed by atoms with Crippen molar-refractivity contribution in [1.82, 2.24) is 0 Å². The van der Waals surface area contributed by atoms with E-state index < -0.39 is 4.33 Å². The first-order valence-electron chi connectivity index (χ1n) is 4.42. The van der Waals surface area contributed by atoms with Crippen molar-refractivity contribution in [3.8, 4) is 0 Å². The van der Waals surface area contributed by atoms with Crippen LogP contribution in [-0.4, -0.2) is 10.1 Å². The first-order valence-corrected chi connectivity index (χ1v) is 5.18. The zero-order valence-corrected chi connectivity index (χ0v) is 8.58. The van der Waals surface area contributed by atoms with E-state index in [9.17, 15) is 4.79 Å². The number of Topliss-reactive ketones (excluding diaryl/α,β-unsaturated/α-hetero) is 1. The van der Waals surface area contributed by atoms with Crippen LogP contribution in [0.3, 0.4) is 0 Å². The highest BCUT2D eigenvalue weighted by Gasteiger charge is 2.68. The van der Waals surface area contributed by atoms with Gasteiger partial charge in [-0.05, 0) is 12.8 Å². The van der Waals surface area contributed by atoms with E-state index in [1.54, 1.807) is 0 Å². The van der Waals surface area contributed by atoms with Crippen LogP contribution in [-0.2, 0) is 4.79 Å². The van der Waals surface area contributed by atoms with Gasteiger partial charge in [0.25, 0.3) is 0 Å². The summed E-state index contributed by atoms with van der Waals surface area (Å²) in [6.45, 7) is 2.04. The van der Waals surface area contributed by atoms with Crippen molar-refractivity contribution in [2.75, 3.05) is 0 Å². The number of hydrogen-bond donors (Lipinski definition) is 0. The van der Waals surface area contributed by atoms with E-state index in [1.807, 2.05) is 6.92 Å². The largest absolute Gasteiger partial charge is 0.296 e. The lowest BCUT2D eigenvalue weighted by atomic mass is 9.53. The molecular weight excluding hydrogens is 195 g/mol. The highest BCUT2D eigenvalue weighted by molar-refractivity contribution is 6.61. The van der Waals surface area contributed by atoms with Gasteiger partial charge in [-0.25, -0.2) is 0 Å². The number of halogens is 2. The molecule has 0 aromatic rings. The third-order valence-corrected chi connectivity index (χ3v) is 4.79. The van der Waals surface area contributed by atoms with E-state index in [0.717, 1.165) is 25.7 Å². The monoisotopic (exact) mass is 206 g/mol. The normalized spacial score (nSPS) is 44.9. The highest BCUT2D eigenvalue weighted by atomic mass is 35.5. The maximum atomic E-state index is 11.5. The Morgan fingerprint density at radius 2 is 2.08 bits per heavy atom. The second-order valence-electron chi connectivity index (χ2n) is 4.15. The highest BCUT2D eigenvalue weighted by Crippen LogP contribution is 2.63. The number of rotatable bonds is 0. The lowest BCUT2D eigenvalue weighted by molar-refractivity contribution is -0.147. The third-order valence-electron chi connectivity index (χ3n) is 3.55. The molecule has 12 heavy (non-hydrogen) atoms. The van der Waals surface area contributed by atoms with Gasteiger partial charge in [0.15, 0.2) is 10.1 Å². The maximum Gasteiger partial charge on any atom is 0.182 e. The molecule has 2 atom stereocenters. The van der Waals surface area contributed by atoms with Gasteiger partial charge in [-0.1, -0.05) is 43.0 Å². The zero-order valence-electron chi connectivity index (χ0n) is 7.07. The molecule has 0 saturated heterocycles. The molecule has 2 aliphatic rings. The summed E-state index contributed by atoms with van der Waals surface area (Å²) in [7, 11) is 0. The number of hydrogen-bond acceptors (Lipinski definition) is 1. The van der Waals surface area contributed by atoms with E-state index in [1.165, 1.54) is 0 Å². The molecule has 0 amide bonds. The summed E-state index contributed by atoms with van der Waals surface area (Å²) >= 11 is 12.0. The van der Waals surface area contributed by atoms with Crippen LogP contribution in [0.15, 0.2) is 0 Å². The molecule has 3 heteroatoms. The third kappa shape index (κ3) is 0.793. The van der Waals surface area contributed by atoms with Crippen LogP contribution >= 0.6 is 23.2 Å². The van der Waals surface area contributed by atoms with Gasteiger partial charge in [-0.15, -0.1) is 0 Å². The van der Waals surface area contributed by atoms with Gasteiger partial charge in [0, 0.05) is 11.3 Å². The number of fused-ring (bicyclic) bond motifs is 1. The van der Waals surface area contributed by atoms with Crippen molar-refractivity contribution >= 4 is 29.0 Å². The summed E-state index contributed by atoms with van der Waals surface area (Å²) in [6, 6.07) is 0. The van der Waals surface area contributed by atoms with Crippen molar-refractivity contribution in [1.29, 1.82) is 0 Å². The van der Waals surface area contributed by atoms with Gasteiger partial charge in [0.2, 0.25) is 0 Å². The lowest BCUT2D eigenvalue weighted by Gasteiger charge is -2.57. The Morgan fingerprint density at radius 3 is 2.67 bits per heavy atom. The minimum Gasteiger partial charge on any atom is -0.296 e. The van der Waals surface area contributed by atoms with Gasteiger partial charge in [-0.3, -0.25) is 4.79 Å². The molecule has 2 rings (SSSR count). The molecule has 0 heterocycles. The Balaban J connectivity index is 2.29. The average Bonchev–Trinajstić information content (AvgIpc) is 2.04. The predicted molar refractivity (Wildman–Crippen MR) is 49.5 cm³/mol. The Kier molecular flexibility index (Phi) is 1.76. The molecule has 0 N–H and O–H groups in total. The Bertz CT molecular complexity index is 237. The van der Waals surface area contributed by atoms with Crippen LogP contribution in [0.25, 0.3) is 0 Å². The molecule has 68 valence electrons. The molecule has 0 unspecified atom stereocenters. The Morgan fingerprint density at radius 1 is 1.42 bits per heavy atom. The number of alkyl halides is 2. The molecule has 2 fully saturated rings. The minimum absolute atomic E-state index is 0.0491. The van der Waals surface area contributed by atoms with Gasteiger partial charge in [0.1, 0.15) is 0 Å². The van der Waals surface area contributed by atoms with Crippen LogP contribution in [0.5, 0.6) is 0 Å². The second kappa shape index (κ2) is 2.39. The first-order chi connectivity index (χ1) is 5.50. The second-order valence-corrected chi connectivity index (χ2v) is 5.48. The van der Waals surface area contributed by atoms with E-state index in [2.05, 4.69) is 0 Å². The van der Waals surface area contributed by atoms with Crippen molar-refractivity contribution < 1.29 is 4.79 Å². The summed E-state index contributed by atoms with van der Waals surface area (Å²) in [4.78, 5) is 11.5. The summed E-state index contributed by atoms with van der Waals surface area (Å²) < 4.78 is -1.09. The molecule has 0 aliphatic heterocycles. The number of carbonyl (C=O) groups excluding carboxylic acids is 1.